The Morgan fingerprint density at radius 1 is 1.52 bits per heavy atom. The number of nitrogen functional groups attached to an aromatic ring is 1. The molecule has 2 aromatic rings. The lowest BCUT2D eigenvalue weighted by atomic mass is 9.98. The van der Waals surface area contributed by atoms with Crippen LogP contribution in [-0.4, -0.2) is 81.8 Å². The number of aliphatic hydroxyl groups is 1. The lowest BCUT2D eigenvalue weighted by Crippen LogP contribution is -2.40. The van der Waals surface area contributed by atoms with Gasteiger partial charge in [0.25, 0.3) is 0 Å². The fourth-order valence-electron chi connectivity index (χ4n) is 3.41. The molecule has 6 atom stereocenters. The molecule has 3 heterocycles. The van der Waals surface area contributed by atoms with E-state index in [4.69, 9.17) is 19.7 Å². The van der Waals surface area contributed by atoms with Crippen LogP contribution in [0.15, 0.2) is 6.33 Å². The van der Waals surface area contributed by atoms with Gasteiger partial charge in [0, 0.05) is 14.1 Å². The van der Waals surface area contributed by atoms with Gasteiger partial charge in [0.05, 0.1) is 12.9 Å². The predicted molar refractivity (Wildman–Crippen MR) is 116 cm³/mol. The Labute approximate surface area is 190 Å². The predicted octanol–water partition coefficient (Wildman–Crippen LogP) is 0.676. The van der Waals surface area contributed by atoms with Gasteiger partial charge < -0.3 is 25.2 Å². The molecule has 33 heavy (non-hydrogen) atoms. The van der Waals surface area contributed by atoms with Gasteiger partial charge in [-0.1, -0.05) is 5.09 Å². The van der Waals surface area contributed by atoms with Crippen molar-refractivity contribution in [1.29, 1.82) is 0 Å². The summed E-state index contributed by atoms with van der Waals surface area (Å²) in [7, 11) is 0.992. The van der Waals surface area contributed by atoms with E-state index in [1.807, 2.05) is 0 Å². The first-order valence-electron chi connectivity index (χ1n) is 10.2. The molecule has 0 aliphatic carbocycles. The Bertz CT molecular complexity index is 1040. The number of carbonyl (C=O) groups excluding carboxylic acids is 1. The Balaban J connectivity index is 1.75. The van der Waals surface area contributed by atoms with Crippen LogP contribution < -0.4 is 15.7 Å². The highest BCUT2D eigenvalue weighted by atomic mass is 31.1. The second kappa shape index (κ2) is 9.77. The van der Waals surface area contributed by atoms with Gasteiger partial charge in [0.1, 0.15) is 24.9 Å². The van der Waals surface area contributed by atoms with Crippen LogP contribution in [0.3, 0.4) is 0 Å². The topological polar surface area (TPSA) is 167 Å². The van der Waals surface area contributed by atoms with Crippen LogP contribution in [0, 0.1) is 0 Å². The van der Waals surface area contributed by atoms with Gasteiger partial charge in [-0.2, -0.15) is 9.97 Å². The molecule has 1 aliphatic rings. The molecule has 0 amide bonds. The van der Waals surface area contributed by atoms with Gasteiger partial charge in [-0.15, -0.1) is 4.52 Å². The molecular weight excluding hydrogens is 460 g/mol. The molecule has 0 bridgehead atoms. The zero-order valence-corrected chi connectivity index (χ0v) is 19.8. The van der Waals surface area contributed by atoms with Crippen molar-refractivity contribution in [2.45, 2.75) is 50.9 Å². The van der Waals surface area contributed by atoms with E-state index in [2.05, 4.69) is 20.0 Å². The second-order valence-corrected chi connectivity index (χ2v) is 8.93. The number of anilines is 2. The van der Waals surface area contributed by atoms with E-state index < -0.39 is 50.9 Å². The zero-order chi connectivity index (χ0) is 24.5. The van der Waals surface area contributed by atoms with E-state index >= 15 is 4.39 Å². The third-order valence-electron chi connectivity index (χ3n) is 5.11. The molecule has 1 unspecified atom stereocenters. The number of rotatable bonds is 9. The summed E-state index contributed by atoms with van der Waals surface area (Å²) in [6.45, 7) is 4.06. The minimum Gasteiger partial charge on any atom is -0.465 e. The number of carbonyl (C=O) groups is 1. The first-order valence-corrected chi connectivity index (χ1v) is 11.4. The van der Waals surface area contributed by atoms with Crippen molar-refractivity contribution in [3.63, 3.8) is 0 Å². The summed E-state index contributed by atoms with van der Waals surface area (Å²) >= 11 is 0. The highest BCUT2D eigenvalue weighted by Crippen LogP contribution is 2.43. The Morgan fingerprint density at radius 2 is 2.21 bits per heavy atom. The first kappa shape index (κ1) is 25.1. The molecule has 0 spiro atoms. The number of nitrogens with zero attached hydrogens (tertiary/aromatic N) is 5. The third-order valence-corrected chi connectivity index (χ3v) is 6.09. The van der Waals surface area contributed by atoms with Crippen molar-refractivity contribution in [3.05, 3.63) is 6.33 Å². The van der Waals surface area contributed by atoms with Crippen molar-refractivity contribution < 1.29 is 32.9 Å². The molecule has 0 radical (unpaired) electrons. The Kier molecular flexibility index (Phi) is 7.44. The number of nitrogens with one attached hydrogen (secondary N) is 1. The van der Waals surface area contributed by atoms with E-state index in [0.717, 1.165) is 0 Å². The summed E-state index contributed by atoms with van der Waals surface area (Å²) in [5.74, 6) is -0.192. The van der Waals surface area contributed by atoms with Gasteiger partial charge >= 0.3 is 14.1 Å². The van der Waals surface area contributed by atoms with Crippen molar-refractivity contribution in [2.24, 2.45) is 0 Å². The van der Waals surface area contributed by atoms with Gasteiger partial charge in [-0.3, -0.25) is 9.36 Å². The van der Waals surface area contributed by atoms with E-state index in [9.17, 15) is 14.5 Å². The quantitative estimate of drug-likeness (QED) is 0.334. The molecule has 1 saturated heterocycles. The molecule has 1 fully saturated rings. The van der Waals surface area contributed by atoms with Crippen LogP contribution in [0.5, 0.6) is 0 Å². The monoisotopic (exact) mass is 488 g/mol. The summed E-state index contributed by atoms with van der Waals surface area (Å²) in [6.07, 6.45) is -2.76. The Morgan fingerprint density at radius 3 is 2.85 bits per heavy atom. The molecule has 0 saturated carbocycles. The molecule has 3 rings (SSSR count). The van der Waals surface area contributed by atoms with Gasteiger partial charge in [-0.25, -0.2) is 9.37 Å². The molecule has 182 valence electrons. The third kappa shape index (κ3) is 5.04. The summed E-state index contributed by atoms with van der Waals surface area (Å²) in [6, 6.07) is -0.879. The minimum absolute atomic E-state index is 0.0364. The fraction of sp³-hybridized carbons (Fsp3) is 0.667. The maximum Gasteiger partial charge on any atom is 0.613 e. The van der Waals surface area contributed by atoms with Crippen molar-refractivity contribution >= 4 is 37.1 Å². The number of ether oxygens (including phenoxy) is 2. The Hall–Kier alpha value is -2.51. The van der Waals surface area contributed by atoms with Crippen LogP contribution in [-0.2, 0) is 23.4 Å². The number of aliphatic hydroxyl groups excluding tert-OH is 1. The lowest BCUT2D eigenvalue weighted by molar-refractivity contribution is -0.144. The van der Waals surface area contributed by atoms with E-state index in [-0.39, 0.29) is 18.2 Å². The van der Waals surface area contributed by atoms with Crippen LogP contribution in [0.2, 0.25) is 0 Å². The molecule has 15 heteroatoms. The van der Waals surface area contributed by atoms with Crippen molar-refractivity contribution in [2.75, 3.05) is 37.9 Å². The van der Waals surface area contributed by atoms with E-state index in [1.54, 1.807) is 25.9 Å². The molecular formula is C18H28FN7O6P+. The molecule has 1 aliphatic heterocycles. The van der Waals surface area contributed by atoms with Crippen LogP contribution in [0.25, 0.3) is 11.2 Å². The average molecular weight is 488 g/mol. The summed E-state index contributed by atoms with van der Waals surface area (Å²) in [4.78, 5) is 25.9. The van der Waals surface area contributed by atoms with Gasteiger partial charge in [0.15, 0.2) is 28.9 Å². The molecule has 13 nitrogen and oxygen atoms in total. The zero-order valence-electron chi connectivity index (χ0n) is 18.9. The summed E-state index contributed by atoms with van der Waals surface area (Å²) < 4.78 is 44.8. The van der Waals surface area contributed by atoms with Crippen LogP contribution >= 0.6 is 8.18 Å². The van der Waals surface area contributed by atoms with Crippen LogP contribution in [0.1, 0.15) is 27.0 Å². The number of hydrogen-bond acceptors (Lipinski definition) is 11. The first-order chi connectivity index (χ1) is 15.5. The highest BCUT2D eigenvalue weighted by Gasteiger charge is 2.56. The number of nitrogens with two attached hydrogens (primary N) is 1. The highest BCUT2D eigenvalue weighted by molar-refractivity contribution is 7.36. The number of halogens is 1. The maximum atomic E-state index is 15.6. The number of esters is 1. The van der Waals surface area contributed by atoms with Crippen molar-refractivity contribution in [3.8, 4) is 0 Å². The number of hydrogen-bond donors (Lipinski definition) is 3. The summed E-state index contributed by atoms with van der Waals surface area (Å²) in [5, 5.41) is 13.0. The second-order valence-electron chi connectivity index (χ2n) is 7.90. The minimum atomic E-state index is -2.51. The smallest absolute Gasteiger partial charge is 0.465 e. The van der Waals surface area contributed by atoms with Gasteiger partial charge in [-0.05, 0) is 25.3 Å². The molecule has 4 N–H and O–H groups in total. The number of fused-ring (bicyclic) bond motifs is 1. The average Bonchev–Trinajstić information content (AvgIpc) is 3.24. The fourth-order valence-corrected chi connectivity index (χ4v) is 4.19. The van der Waals surface area contributed by atoms with E-state index in [1.165, 1.54) is 24.7 Å². The maximum absolute atomic E-state index is 15.6. The largest absolute Gasteiger partial charge is 0.613 e. The van der Waals surface area contributed by atoms with Gasteiger partial charge in [0.2, 0.25) is 5.95 Å². The number of aromatic nitrogens is 4. The normalized spacial score (nSPS) is 26.4. The number of imidazole rings is 1. The lowest BCUT2D eigenvalue weighted by Gasteiger charge is -2.24. The van der Waals surface area contributed by atoms with Crippen molar-refractivity contribution in [1.82, 2.24) is 24.6 Å². The standard InChI is InChI=1S/C18H28FN7O6P/c1-6-30-15(28)9(2)24-33(29)31-7-10-12(27)18(3,19)16(32-10)26-8-21-11-13(25(4)5)22-17(20)23-14(11)26/h8-10,12,16,27H,6-7H2,1-5H3,(H,24,29)(H2,20,22,23)/q+1/t9-,10+,12+,16+,18+/m0/s1. The van der Waals surface area contributed by atoms with Crippen LogP contribution in [0.4, 0.5) is 16.2 Å². The summed E-state index contributed by atoms with van der Waals surface area (Å²) in [5.41, 5.74) is 4.14. The number of alkyl halides is 1. The SMILES string of the molecule is CCOC(=O)[C@H](C)N[P+](=O)OC[C@H]1O[C@@H](n2cnc3c(N(C)C)nc(N)nc32)[C@](C)(F)[C@@H]1O. The molecule has 0 aromatic carbocycles. The van der Waals surface area contributed by atoms with E-state index in [0.29, 0.717) is 11.3 Å². The molecule has 2 aromatic heterocycles.